The van der Waals surface area contributed by atoms with Crippen molar-refractivity contribution in [1.82, 2.24) is 0 Å². The molecule has 2 aromatic rings. The summed E-state index contributed by atoms with van der Waals surface area (Å²) in [5.74, 6) is 0. The fourth-order valence-corrected chi connectivity index (χ4v) is 4.44. The first-order valence-electron chi connectivity index (χ1n) is 6.59. The summed E-state index contributed by atoms with van der Waals surface area (Å²) in [6.07, 6.45) is 0. The number of hydrogen-bond acceptors (Lipinski definition) is 1. The van der Waals surface area contributed by atoms with Crippen LogP contribution in [0.1, 0.15) is 11.1 Å². The molecule has 0 heterocycles. The molecule has 0 radical (unpaired) electrons. The van der Waals surface area contributed by atoms with Crippen LogP contribution < -0.4 is 0 Å². The lowest BCUT2D eigenvalue weighted by atomic mass is 10.2. The van der Waals surface area contributed by atoms with Gasteiger partial charge in [0.2, 0.25) is 0 Å². The van der Waals surface area contributed by atoms with Gasteiger partial charge in [-0.3, -0.25) is 0 Å². The molecule has 0 spiro atoms. The van der Waals surface area contributed by atoms with Gasteiger partial charge in [-0.2, -0.15) is 0 Å². The highest BCUT2D eigenvalue weighted by molar-refractivity contribution is 6.70. The van der Waals surface area contributed by atoms with E-state index >= 15 is 0 Å². The SMILES string of the molecule is C[Si](C)(Cc1ccccc1)OCc1c(Cl)cccc1Cl. The Bertz CT molecular complexity index is 550. The largest absolute Gasteiger partial charge is 0.413 e. The summed E-state index contributed by atoms with van der Waals surface area (Å²) in [6.45, 7) is 4.90. The Kier molecular flexibility index (Phi) is 5.27. The zero-order valence-electron chi connectivity index (χ0n) is 11.7. The highest BCUT2D eigenvalue weighted by Crippen LogP contribution is 2.26. The maximum absolute atomic E-state index is 6.17. The summed E-state index contributed by atoms with van der Waals surface area (Å²) in [5, 5.41) is 1.34. The molecule has 0 fully saturated rings. The Labute approximate surface area is 131 Å². The third kappa shape index (κ3) is 4.35. The van der Waals surface area contributed by atoms with Crippen molar-refractivity contribution < 1.29 is 4.43 Å². The smallest absolute Gasteiger partial charge is 0.191 e. The number of halogens is 2. The fraction of sp³-hybridized carbons (Fsp3) is 0.250. The van der Waals surface area contributed by atoms with Crippen LogP contribution in [0.15, 0.2) is 48.5 Å². The maximum Gasteiger partial charge on any atom is 0.191 e. The topological polar surface area (TPSA) is 9.23 Å². The van der Waals surface area contributed by atoms with Gasteiger partial charge in [-0.25, -0.2) is 0 Å². The van der Waals surface area contributed by atoms with E-state index in [9.17, 15) is 0 Å². The van der Waals surface area contributed by atoms with E-state index in [0.717, 1.165) is 11.6 Å². The monoisotopic (exact) mass is 324 g/mol. The molecule has 0 aliphatic heterocycles. The number of rotatable bonds is 5. The van der Waals surface area contributed by atoms with Crippen LogP contribution >= 0.6 is 23.2 Å². The molecule has 2 aromatic carbocycles. The molecule has 0 N–H and O–H groups in total. The Balaban J connectivity index is 2.02. The maximum atomic E-state index is 6.17. The minimum Gasteiger partial charge on any atom is -0.413 e. The molecule has 0 aliphatic carbocycles. The van der Waals surface area contributed by atoms with Gasteiger partial charge >= 0.3 is 0 Å². The van der Waals surface area contributed by atoms with Crippen LogP contribution in [-0.2, 0) is 17.1 Å². The van der Waals surface area contributed by atoms with Gasteiger partial charge in [0.15, 0.2) is 8.32 Å². The van der Waals surface area contributed by atoms with Gasteiger partial charge in [-0.05, 0) is 36.8 Å². The third-order valence-electron chi connectivity index (χ3n) is 3.14. The van der Waals surface area contributed by atoms with Gasteiger partial charge in [-0.15, -0.1) is 0 Å². The van der Waals surface area contributed by atoms with Crippen molar-refractivity contribution in [3.05, 3.63) is 69.7 Å². The van der Waals surface area contributed by atoms with E-state index in [2.05, 4.69) is 37.4 Å². The van der Waals surface area contributed by atoms with Gasteiger partial charge < -0.3 is 4.43 Å². The highest BCUT2D eigenvalue weighted by Gasteiger charge is 2.23. The third-order valence-corrected chi connectivity index (χ3v) is 6.04. The van der Waals surface area contributed by atoms with Crippen molar-refractivity contribution in [3.63, 3.8) is 0 Å². The second-order valence-electron chi connectivity index (χ2n) is 5.41. The van der Waals surface area contributed by atoms with Crippen molar-refractivity contribution in [2.75, 3.05) is 0 Å². The molecule has 0 atom stereocenters. The van der Waals surface area contributed by atoms with Crippen molar-refractivity contribution in [2.45, 2.75) is 25.7 Å². The molecule has 0 saturated heterocycles. The standard InChI is InChI=1S/C16H18Cl2OSi/c1-20(2,12-13-7-4-3-5-8-13)19-11-14-15(17)9-6-10-16(14)18/h3-10H,11-12H2,1-2H3. The number of hydrogen-bond donors (Lipinski definition) is 0. The second kappa shape index (κ2) is 6.77. The zero-order chi connectivity index (χ0) is 14.6. The van der Waals surface area contributed by atoms with E-state index in [-0.39, 0.29) is 0 Å². The molecule has 0 saturated carbocycles. The molecule has 0 aliphatic rings. The Morgan fingerprint density at radius 1 is 0.900 bits per heavy atom. The lowest BCUT2D eigenvalue weighted by molar-refractivity contribution is 0.294. The molecule has 20 heavy (non-hydrogen) atoms. The van der Waals surface area contributed by atoms with Crippen LogP contribution in [0.5, 0.6) is 0 Å². The minimum absolute atomic E-state index is 0.477. The van der Waals surface area contributed by atoms with Gasteiger partial charge in [0.1, 0.15) is 0 Å². The highest BCUT2D eigenvalue weighted by atomic mass is 35.5. The first-order valence-corrected chi connectivity index (χ1v) is 10.5. The lowest BCUT2D eigenvalue weighted by Crippen LogP contribution is -2.33. The fourth-order valence-electron chi connectivity index (χ4n) is 2.08. The summed E-state index contributed by atoms with van der Waals surface area (Å²) in [4.78, 5) is 0. The Morgan fingerprint density at radius 2 is 1.50 bits per heavy atom. The molecule has 2 rings (SSSR count). The molecule has 106 valence electrons. The van der Waals surface area contributed by atoms with Crippen LogP contribution in [0.2, 0.25) is 23.1 Å². The summed E-state index contributed by atoms with van der Waals surface area (Å²) >= 11 is 12.3. The summed E-state index contributed by atoms with van der Waals surface area (Å²) in [7, 11) is -1.79. The quantitative estimate of drug-likeness (QED) is 0.660. The minimum atomic E-state index is -1.79. The van der Waals surface area contributed by atoms with Gasteiger partial charge in [-0.1, -0.05) is 59.6 Å². The van der Waals surface area contributed by atoms with Gasteiger partial charge in [0, 0.05) is 15.6 Å². The molecule has 4 heteroatoms. The predicted octanol–water partition coefficient (Wildman–Crippen LogP) is 5.50. The molecule has 0 aromatic heterocycles. The van der Waals surface area contributed by atoms with Crippen LogP contribution in [0, 0.1) is 0 Å². The second-order valence-corrected chi connectivity index (χ2v) is 10.4. The lowest BCUT2D eigenvalue weighted by Gasteiger charge is -2.23. The van der Waals surface area contributed by atoms with Crippen molar-refractivity contribution in [3.8, 4) is 0 Å². The van der Waals surface area contributed by atoms with E-state index < -0.39 is 8.32 Å². The molecule has 0 bridgehead atoms. The first-order chi connectivity index (χ1) is 9.48. The van der Waals surface area contributed by atoms with Crippen LogP contribution in [0.4, 0.5) is 0 Å². The van der Waals surface area contributed by atoms with Gasteiger partial charge in [0.05, 0.1) is 6.61 Å². The van der Waals surface area contributed by atoms with Gasteiger partial charge in [0.25, 0.3) is 0 Å². The normalized spacial score (nSPS) is 11.6. The Hall–Kier alpha value is -0.803. The van der Waals surface area contributed by atoms with Crippen LogP contribution in [-0.4, -0.2) is 8.32 Å². The molecule has 1 nitrogen and oxygen atoms in total. The summed E-state index contributed by atoms with van der Waals surface area (Å²) < 4.78 is 6.15. The van der Waals surface area contributed by atoms with E-state index in [1.54, 1.807) is 0 Å². The molecular formula is C16H18Cl2OSi. The summed E-state index contributed by atoms with van der Waals surface area (Å²) in [6, 6.07) is 16.9. The van der Waals surface area contributed by atoms with E-state index in [0.29, 0.717) is 16.7 Å². The Morgan fingerprint density at radius 3 is 2.10 bits per heavy atom. The molecular weight excluding hydrogens is 307 g/mol. The molecule has 0 amide bonds. The van der Waals surface area contributed by atoms with Crippen molar-refractivity contribution in [1.29, 1.82) is 0 Å². The van der Waals surface area contributed by atoms with Crippen LogP contribution in [0.25, 0.3) is 0 Å². The van der Waals surface area contributed by atoms with E-state index in [1.807, 2.05) is 24.3 Å². The van der Waals surface area contributed by atoms with E-state index in [1.165, 1.54) is 5.56 Å². The van der Waals surface area contributed by atoms with Crippen LogP contribution in [0.3, 0.4) is 0 Å². The zero-order valence-corrected chi connectivity index (χ0v) is 14.2. The van der Waals surface area contributed by atoms with Crippen molar-refractivity contribution >= 4 is 31.5 Å². The summed E-state index contributed by atoms with van der Waals surface area (Å²) in [5.41, 5.74) is 2.19. The molecule has 0 unspecified atom stereocenters. The first kappa shape index (κ1) is 15.6. The average molecular weight is 325 g/mol. The predicted molar refractivity (Wildman–Crippen MR) is 88.9 cm³/mol. The van der Waals surface area contributed by atoms with Crippen molar-refractivity contribution in [2.24, 2.45) is 0 Å². The number of benzene rings is 2. The average Bonchev–Trinajstić information content (AvgIpc) is 2.38. The van der Waals surface area contributed by atoms with E-state index in [4.69, 9.17) is 27.6 Å².